The van der Waals surface area contributed by atoms with Gasteiger partial charge < -0.3 is 4.90 Å². The second kappa shape index (κ2) is 4.42. The molecule has 0 spiro atoms. The molecule has 2 nitrogen and oxygen atoms in total. The van der Waals surface area contributed by atoms with Crippen molar-refractivity contribution in [2.24, 2.45) is 0 Å². The molecule has 1 rings (SSSR count). The molecule has 0 aliphatic rings. The normalized spacial score (nSPS) is 12.5. The lowest BCUT2D eigenvalue weighted by Gasteiger charge is -2.22. The van der Waals surface area contributed by atoms with Crippen LogP contribution < -0.4 is 0 Å². The fourth-order valence-electron chi connectivity index (χ4n) is 1.17. The highest BCUT2D eigenvalue weighted by atomic mass is 32.1. The van der Waals surface area contributed by atoms with Gasteiger partial charge in [0.05, 0.1) is 0 Å². The standard InChI is InChI=1S/C10H15NOS/c1-8(11(3)9(2)12)7-10-5-4-6-13-10/h4-6,8H,7H2,1-3H3. The average molecular weight is 197 g/mol. The van der Waals surface area contributed by atoms with E-state index in [1.807, 2.05) is 13.1 Å². The number of thiophene rings is 1. The summed E-state index contributed by atoms with van der Waals surface area (Å²) in [5.74, 6) is 0.129. The van der Waals surface area contributed by atoms with Crippen LogP contribution in [0.2, 0.25) is 0 Å². The third kappa shape index (κ3) is 2.84. The smallest absolute Gasteiger partial charge is 0.219 e. The van der Waals surface area contributed by atoms with Crippen molar-refractivity contribution in [3.05, 3.63) is 22.4 Å². The molecule has 0 aliphatic heterocycles. The fraction of sp³-hybridized carbons (Fsp3) is 0.500. The quantitative estimate of drug-likeness (QED) is 0.727. The Morgan fingerprint density at radius 1 is 1.69 bits per heavy atom. The van der Waals surface area contributed by atoms with E-state index < -0.39 is 0 Å². The number of nitrogens with zero attached hydrogens (tertiary/aromatic N) is 1. The third-order valence-corrected chi connectivity index (χ3v) is 3.13. The zero-order chi connectivity index (χ0) is 9.84. The average Bonchev–Trinajstić information content (AvgIpc) is 2.55. The highest BCUT2D eigenvalue weighted by molar-refractivity contribution is 7.09. The Kier molecular flexibility index (Phi) is 3.48. The third-order valence-electron chi connectivity index (χ3n) is 2.23. The van der Waals surface area contributed by atoms with Crippen molar-refractivity contribution in [2.75, 3.05) is 7.05 Å². The van der Waals surface area contributed by atoms with E-state index in [2.05, 4.69) is 18.4 Å². The minimum Gasteiger partial charge on any atom is -0.343 e. The molecule has 3 heteroatoms. The monoisotopic (exact) mass is 197 g/mol. The Labute approximate surface area is 83.2 Å². The van der Waals surface area contributed by atoms with Crippen molar-refractivity contribution in [2.45, 2.75) is 26.3 Å². The van der Waals surface area contributed by atoms with Gasteiger partial charge in [0.1, 0.15) is 0 Å². The number of amides is 1. The molecule has 0 fully saturated rings. The lowest BCUT2D eigenvalue weighted by atomic mass is 10.2. The molecule has 0 saturated carbocycles. The number of carbonyl (C=O) groups excluding carboxylic acids is 1. The maximum atomic E-state index is 11.0. The van der Waals surface area contributed by atoms with Crippen molar-refractivity contribution in [1.82, 2.24) is 4.90 Å². The summed E-state index contributed by atoms with van der Waals surface area (Å²) in [6, 6.07) is 4.44. The van der Waals surface area contributed by atoms with Crippen LogP contribution in [-0.4, -0.2) is 23.9 Å². The second-order valence-electron chi connectivity index (χ2n) is 3.26. The first-order valence-corrected chi connectivity index (χ1v) is 5.25. The van der Waals surface area contributed by atoms with E-state index in [-0.39, 0.29) is 11.9 Å². The molecule has 1 aromatic rings. The lowest BCUT2D eigenvalue weighted by Crippen LogP contribution is -2.34. The minimum atomic E-state index is 0.129. The summed E-state index contributed by atoms with van der Waals surface area (Å²) in [5.41, 5.74) is 0. The molecule has 0 N–H and O–H groups in total. The number of likely N-dealkylation sites (N-methyl/N-ethyl adjacent to an activating group) is 1. The molecular formula is C10H15NOS. The van der Waals surface area contributed by atoms with E-state index in [1.54, 1.807) is 23.2 Å². The zero-order valence-electron chi connectivity index (χ0n) is 8.28. The van der Waals surface area contributed by atoms with Crippen molar-refractivity contribution in [3.8, 4) is 0 Å². The van der Waals surface area contributed by atoms with E-state index >= 15 is 0 Å². The molecule has 13 heavy (non-hydrogen) atoms. The first-order chi connectivity index (χ1) is 6.11. The molecular weight excluding hydrogens is 182 g/mol. The maximum Gasteiger partial charge on any atom is 0.219 e. The Morgan fingerprint density at radius 2 is 2.38 bits per heavy atom. The molecule has 1 aromatic heterocycles. The zero-order valence-corrected chi connectivity index (χ0v) is 9.10. The topological polar surface area (TPSA) is 20.3 Å². The summed E-state index contributed by atoms with van der Waals surface area (Å²) in [6.45, 7) is 3.67. The summed E-state index contributed by atoms with van der Waals surface area (Å²) >= 11 is 1.74. The van der Waals surface area contributed by atoms with Gasteiger partial charge in [-0.1, -0.05) is 6.07 Å². The molecule has 1 amide bonds. The van der Waals surface area contributed by atoms with Gasteiger partial charge in [0, 0.05) is 31.3 Å². The predicted octanol–water partition coefficient (Wildman–Crippen LogP) is 2.16. The molecule has 1 heterocycles. The van der Waals surface area contributed by atoms with Crippen molar-refractivity contribution < 1.29 is 4.79 Å². The van der Waals surface area contributed by atoms with E-state index in [9.17, 15) is 4.79 Å². The van der Waals surface area contributed by atoms with Gasteiger partial charge in [-0.2, -0.15) is 0 Å². The summed E-state index contributed by atoms with van der Waals surface area (Å²) in [7, 11) is 1.85. The van der Waals surface area contributed by atoms with Crippen molar-refractivity contribution in [3.63, 3.8) is 0 Å². The molecule has 0 saturated heterocycles. The molecule has 0 aliphatic carbocycles. The molecule has 72 valence electrons. The van der Waals surface area contributed by atoms with Crippen LogP contribution in [-0.2, 0) is 11.2 Å². The fourth-order valence-corrected chi connectivity index (χ4v) is 1.99. The summed E-state index contributed by atoms with van der Waals surface area (Å²) in [6.07, 6.45) is 0.952. The lowest BCUT2D eigenvalue weighted by molar-refractivity contribution is -0.129. The van der Waals surface area contributed by atoms with Gasteiger partial charge in [-0.15, -0.1) is 11.3 Å². The van der Waals surface area contributed by atoms with Crippen LogP contribution in [0, 0.1) is 0 Å². The Balaban J connectivity index is 2.50. The Morgan fingerprint density at radius 3 is 2.85 bits per heavy atom. The van der Waals surface area contributed by atoms with Crippen LogP contribution in [0.3, 0.4) is 0 Å². The van der Waals surface area contributed by atoms with Crippen LogP contribution in [0.15, 0.2) is 17.5 Å². The Bertz CT molecular complexity index is 268. The van der Waals surface area contributed by atoms with Crippen molar-refractivity contribution in [1.29, 1.82) is 0 Å². The van der Waals surface area contributed by atoms with Gasteiger partial charge in [0.25, 0.3) is 0 Å². The van der Waals surface area contributed by atoms with Gasteiger partial charge in [-0.05, 0) is 18.4 Å². The number of carbonyl (C=O) groups is 1. The van der Waals surface area contributed by atoms with E-state index in [1.165, 1.54) is 4.88 Å². The molecule has 1 atom stereocenters. The number of hydrogen-bond donors (Lipinski definition) is 0. The van der Waals surface area contributed by atoms with Gasteiger partial charge >= 0.3 is 0 Å². The van der Waals surface area contributed by atoms with Crippen molar-refractivity contribution >= 4 is 17.2 Å². The van der Waals surface area contributed by atoms with Crippen LogP contribution in [0.1, 0.15) is 18.7 Å². The first kappa shape index (κ1) is 10.3. The summed E-state index contributed by atoms with van der Waals surface area (Å²) in [4.78, 5) is 14.2. The predicted molar refractivity (Wildman–Crippen MR) is 55.9 cm³/mol. The highest BCUT2D eigenvalue weighted by Crippen LogP contribution is 2.13. The minimum absolute atomic E-state index is 0.129. The Hall–Kier alpha value is -0.830. The highest BCUT2D eigenvalue weighted by Gasteiger charge is 2.12. The largest absolute Gasteiger partial charge is 0.343 e. The maximum absolute atomic E-state index is 11.0. The van der Waals surface area contributed by atoms with E-state index in [0.29, 0.717) is 0 Å². The van der Waals surface area contributed by atoms with E-state index in [0.717, 1.165) is 6.42 Å². The van der Waals surface area contributed by atoms with E-state index in [4.69, 9.17) is 0 Å². The van der Waals surface area contributed by atoms with Crippen LogP contribution in [0.4, 0.5) is 0 Å². The molecule has 0 aromatic carbocycles. The number of rotatable bonds is 3. The van der Waals surface area contributed by atoms with Gasteiger partial charge in [0.15, 0.2) is 0 Å². The summed E-state index contributed by atoms with van der Waals surface area (Å²) < 4.78 is 0. The van der Waals surface area contributed by atoms with Gasteiger partial charge in [0.2, 0.25) is 5.91 Å². The van der Waals surface area contributed by atoms with Gasteiger partial charge in [-0.3, -0.25) is 4.79 Å². The first-order valence-electron chi connectivity index (χ1n) is 4.37. The van der Waals surface area contributed by atoms with Gasteiger partial charge in [-0.25, -0.2) is 0 Å². The molecule has 0 radical (unpaired) electrons. The SMILES string of the molecule is CC(=O)N(C)C(C)Cc1cccs1. The number of hydrogen-bond acceptors (Lipinski definition) is 2. The van der Waals surface area contributed by atoms with Crippen LogP contribution in [0.5, 0.6) is 0 Å². The molecule has 1 unspecified atom stereocenters. The molecule has 0 bridgehead atoms. The summed E-state index contributed by atoms with van der Waals surface area (Å²) in [5, 5.41) is 2.07. The van der Waals surface area contributed by atoms with Crippen LogP contribution >= 0.6 is 11.3 Å². The van der Waals surface area contributed by atoms with Crippen LogP contribution in [0.25, 0.3) is 0 Å². The second-order valence-corrected chi connectivity index (χ2v) is 4.29.